The minimum atomic E-state index is -1.02. The lowest BCUT2D eigenvalue weighted by Crippen LogP contribution is -2.32. The van der Waals surface area contributed by atoms with Crippen LogP contribution in [0, 0.1) is 11.6 Å². The van der Waals surface area contributed by atoms with Gasteiger partial charge in [0.15, 0.2) is 5.82 Å². The first kappa shape index (κ1) is 14.0. The predicted molar refractivity (Wildman–Crippen MR) is 74.6 cm³/mol. The maximum Gasteiger partial charge on any atom is 0.264 e. The van der Waals surface area contributed by atoms with Crippen LogP contribution in [0.2, 0.25) is 0 Å². The van der Waals surface area contributed by atoms with Crippen LogP contribution in [-0.4, -0.2) is 12.5 Å². The van der Waals surface area contributed by atoms with Gasteiger partial charge in [-0.25, -0.2) is 8.78 Å². The highest BCUT2D eigenvalue weighted by Gasteiger charge is 2.24. The lowest BCUT2D eigenvalue weighted by Gasteiger charge is -2.21. The van der Waals surface area contributed by atoms with Crippen LogP contribution >= 0.6 is 0 Å². The first-order valence-electron chi connectivity index (χ1n) is 6.16. The summed E-state index contributed by atoms with van der Waals surface area (Å²) in [5.41, 5.74) is 5.09. The van der Waals surface area contributed by atoms with Gasteiger partial charge in [-0.2, -0.15) is 0 Å². The van der Waals surface area contributed by atoms with Crippen molar-refractivity contribution < 1.29 is 13.6 Å². The van der Waals surface area contributed by atoms with Crippen molar-refractivity contribution in [1.82, 2.24) is 0 Å². The van der Waals surface area contributed by atoms with Gasteiger partial charge in [-0.05, 0) is 31.2 Å². The van der Waals surface area contributed by atoms with Crippen molar-refractivity contribution in [3.63, 3.8) is 0 Å². The van der Waals surface area contributed by atoms with Gasteiger partial charge in [0.1, 0.15) is 11.4 Å². The molecule has 1 amide bonds. The number of benzene rings is 2. The Kier molecular flexibility index (Phi) is 3.98. The molecule has 2 aromatic carbocycles. The van der Waals surface area contributed by atoms with Crippen molar-refractivity contribution in [2.24, 2.45) is 0 Å². The molecule has 0 heterocycles. The molecule has 104 valence electrons. The molecular formula is C15H14F2N2O. The Hall–Kier alpha value is -2.43. The van der Waals surface area contributed by atoms with Gasteiger partial charge in [0.2, 0.25) is 0 Å². The number of hydrogen-bond acceptors (Lipinski definition) is 2. The average Bonchev–Trinajstić information content (AvgIpc) is 2.45. The number of nitrogens with zero attached hydrogens (tertiary/aromatic N) is 1. The Morgan fingerprint density at radius 2 is 1.80 bits per heavy atom. The summed E-state index contributed by atoms with van der Waals surface area (Å²) in [6.07, 6.45) is 0. The second kappa shape index (κ2) is 5.69. The third-order valence-corrected chi connectivity index (χ3v) is 2.96. The number of nitrogens with two attached hydrogens (primary N) is 1. The monoisotopic (exact) mass is 276 g/mol. The Balaban J connectivity index is 2.47. The smallest absolute Gasteiger partial charge is 0.264 e. The zero-order valence-electron chi connectivity index (χ0n) is 10.9. The minimum Gasteiger partial charge on any atom is -0.396 e. The zero-order valence-corrected chi connectivity index (χ0v) is 10.9. The quantitative estimate of drug-likeness (QED) is 0.875. The number of carbonyl (C=O) groups excluding carboxylic acids is 1. The Morgan fingerprint density at radius 3 is 2.40 bits per heavy atom. The number of carbonyl (C=O) groups is 1. The number of amides is 1. The molecule has 0 saturated carbocycles. The van der Waals surface area contributed by atoms with E-state index in [1.807, 2.05) is 0 Å². The summed E-state index contributed by atoms with van der Waals surface area (Å²) in [6.45, 7) is 2.02. The number of rotatable bonds is 3. The summed E-state index contributed by atoms with van der Waals surface area (Å²) >= 11 is 0. The maximum atomic E-state index is 13.9. The van der Waals surface area contributed by atoms with Crippen LogP contribution in [0.3, 0.4) is 0 Å². The molecule has 0 aromatic heterocycles. The van der Waals surface area contributed by atoms with Crippen molar-refractivity contribution in [2.75, 3.05) is 17.2 Å². The number of anilines is 2. The molecule has 0 radical (unpaired) electrons. The van der Waals surface area contributed by atoms with E-state index >= 15 is 0 Å². The summed E-state index contributed by atoms with van der Waals surface area (Å²) in [6, 6.07) is 10.8. The average molecular weight is 276 g/mol. The second-order valence-corrected chi connectivity index (χ2v) is 4.21. The number of nitrogen functional groups attached to an aromatic ring is 1. The Labute approximate surface area is 115 Å². The van der Waals surface area contributed by atoms with Crippen molar-refractivity contribution in [3.05, 3.63) is 59.7 Å². The standard InChI is InChI=1S/C15H14F2N2O/c1-2-19(10-6-4-3-5-7-10)15(20)13-11(16)8-9-12(18)14(13)17/h3-9H,2,18H2,1H3. The van der Waals surface area contributed by atoms with Crippen LogP contribution in [0.4, 0.5) is 20.2 Å². The van der Waals surface area contributed by atoms with Gasteiger partial charge in [0.05, 0.1) is 5.69 Å². The van der Waals surface area contributed by atoms with Crippen LogP contribution in [0.5, 0.6) is 0 Å². The molecule has 0 unspecified atom stereocenters. The topological polar surface area (TPSA) is 46.3 Å². The van der Waals surface area contributed by atoms with Crippen LogP contribution in [0.25, 0.3) is 0 Å². The van der Waals surface area contributed by atoms with E-state index in [1.54, 1.807) is 37.3 Å². The van der Waals surface area contributed by atoms with Crippen molar-refractivity contribution in [3.8, 4) is 0 Å². The number of halogens is 2. The van der Waals surface area contributed by atoms with E-state index in [1.165, 1.54) is 4.90 Å². The maximum absolute atomic E-state index is 13.9. The van der Waals surface area contributed by atoms with Crippen molar-refractivity contribution in [2.45, 2.75) is 6.92 Å². The molecule has 0 aliphatic heterocycles. The fraction of sp³-hybridized carbons (Fsp3) is 0.133. The van der Waals surface area contributed by atoms with Gasteiger partial charge in [-0.3, -0.25) is 4.79 Å². The highest BCUT2D eigenvalue weighted by atomic mass is 19.1. The summed E-state index contributed by atoms with van der Waals surface area (Å²) in [5.74, 6) is -2.69. The first-order chi connectivity index (χ1) is 9.56. The van der Waals surface area contributed by atoms with Gasteiger partial charge in [0, 0.05) is 12.2 Å². The van der Waals surface area contributed by atoms with Crippen molar-refractivity contribution >= 4 is 17.3 Å². The first-order valence-corrected chi connectivity index (χ1v) is 6.16. The van der Waals surface area contributed by atoms with E-state index in [0.29, 0.717) is 5.69 Å². The van der Waals surface area contributed by atoms with Crippen LogP contribution in [-0.2, 0) is 0 Å². The third-order valence-electron chi connectivity index (χ3n) is 2.96. The minimum absolute atomic E-state index is 0.251. The Bertz CT molecular complexity index is 629. The van der Waals surface area contributed by atoms with Gasteiger partial charge in [0.25, 0.3) is 5.91 Å². The van der Waals surface area contributed by atoms with E-state index in [-0.39, 0.29) is 12.2 Å². The van der Waals surface area contributed by atoms with E-state index in [9.17, 15) is 13.6 Å². The number of para-hydroxylation sites is 1. The second-order valence-electron chi connectivity index (χ2n) is 4.21. The normalized spacial score (nSPS) is 10.3. The van der Waals surface area contributed by atoms with Crippen LogP contribution in [0.1, 0.15) is 17.3 Å². The SMILES string of the molecule is CCN(C(=O)c1c(F)ccc(N)c1F)c1ccccc1. The molecule has 0 aliphatic carbocycles. The largest absolute Gasteiger partial charge is 0.396 e. The lowest BCUT2D eigenvalue weighted by atomic mass is 10.1. The molecule has 2 rings (SSSR count). The molecule has 0 fully saturated rings. The fourth-order valence-corrected chi connectivity index (χ4v) is 1.95. The van der Waals surface area contributed by atoms with E-state index in [2.05, 4.69) is 0 Å². The predicted octanol–water partition coefficient (Wildman–Crippen LogP) is 3.21. The third kappa shape index (κ3) is 2.47. The van der Waals surface area contributed by atoms with Crippen LogP contribution in [0.15, 0.2) is 42.5 Å². The van der Waals surface area contributed by atoms with E-state index in [4.69, 9.17) is 5.73 Å². The Morgan fingerprint density at radius 1 is 1.15 bits per heavy atom. The highest BCUT2D eigenvalue weighted by Crippen LogP contribution is 2.23. The van der Waals surface area contributed by atoms with Gasteiger partial charge < -0.3 is 10.6 Å². The molecular weight excluding hydrogens is 262 g/mol. The summed E-state index contributed by atoms with van der Waals surface area (Å²) < 4.78 is 27.7. The highest BCUT2D eigenvalue weighted by molar-refractivity contribution is 6.06. The molecule has 0 bridgehead atoms. The van der Waals surface area contributed by atoms with Gasteiger partial charge >= 0.3 is 0 Å². The number of hydrogen-bond donors (Lipinski definition) is 1. The molecule has 3 nitrogen and oxygen atoms in total. The fourth-order valence-electron chi connectivity index (χ4n) is 1.95. The molecule has 0 saturated heterocycles. The molecule has 0 aliphatic rings. The molecule has 2 N–H and O–H groups in total. The lowest BCUT2D eigenvalue weighted by molar-refractivity contribution is 0.0980. The molecule has 0 atom stereocenters. The summed E-state index contributed by atoms with van der Waals surface area (Å²) in [4.78, 5) is 13.7. The van der Waals surface area contributed by atoms with Crippen molar-refractivity contribution in [1.29, 1.82) is 0 Å². The van der Waals surface area contributed by atoms with Gasteiger partial charge in [-0.15, -0.1) is 0 Å². The summed E-state index contributed by atoms with van der Waals surface area (Å²) in [5, 5.41) is 0. The molecule has 20 heavy (non-hydrogen) atoms. The van der Waals surface area contributed by atoms with E-state index in [0.717, 1.165) is 12.1 Å². The molecule has 5 heteroatoms. The zero-order chi connectivity index (χ0) is 14.7. The molecule has 0 spiro atoms. The van der Waals surface area contributed by atoms with Crippen LogP contribution < -0.4 is 10.6 Å². The van der Waals surface area contributed by atoms with Gasteiger partial charge in [-0.1, -0.05) is 18.2 Å². The summed E-state index contributed by atoms with van der Waals surface area (Å²) in [7, 11) is 0. The van der Waals surface area contributed by atoms with E-state index < -0.39 is 23.1 Å². The molecule has 2 aromatic rings.